The summed E-state index contributed by atoms with van der Waals surface area (Å²) in [6.07, 6.45) is 0. The summed E-state index contributed by atoms with van der Waals surface area (Å²) in [5, 5.41) is 3.01. The molecule has 1 fully saturated rings. The molecule has 0 aromatic heterocycles. The van der Waals surface area contributed by atoms with E-state index in [9.17, 15) is 18.4 Å². The van der Waals surface area contributed by atoms with Gasteiger partial charge in [0.2, 0.25) is 5.91 Å². The molecule has 1 aliphatic rings. The van der Waals surface area contributed by atoms with Crippen LogP contribution in [-0.4, -0.2) is 47.8 Å². The summed E-state index contributed by atoms with van der Waals surface area (Å²) in [6.45, 7) is 1.75. The number of benzene rings is 3. The summed E-state index contributed by atoms with van der Waals surface area (Å²) in [4.78, 5) is 29.4. The van der Waals surface area contributed by atoms with Crippen molar-refractivity contribution in [3.8, 4) is 0 Å². The molecule has 3 aromatic carbocycles. The molecule has 1 N–H and O–H groups in total. The van der Waals surface area contributed by atoms with Crippen molar-refractivity contribution in [3.05, 3.63) is 107 Å². The summed E-state index contributed by atoms with van der Waals surface area (Å²) < 4.78 is 28.1. The Labute approximate surface area is 191 Å². The minimum Gasteiger partial charge on any atom is -0.350 e. The number of hydrogen-bond donors (Lipinski definition) is 1. The van der Waals surface area contributed by atoms with Gasteiger partial charge in [-0.1, -0.05) is 66.7 Å². The second-order valence-corrected chi connectivity index (χ2v) is 7.94. The van der Waals surface area contributed by atoms with E-state index >= 15 is 0 Å². The van der Waals surface area contributed by atoms with Crippen LogP contribution < -0.4 is 5.32 Å². The zero-order valence-electron chi connectivity index (χ0n) is 18.1. The number of nitrogens with zero attached hydrogens (tertiary/aromatic N) is 2. The maximum Gasteiger partial charge on any atom is 0.259 e. The Morgan fingerprint density at radius 2 is 1.36 bits per heavy atom. The first-order valence-electron chi connectivity index (χ1n) is 10.9. The van der Waals surface area contributed by atoms with E-state index < -0.39 is 29.1 Å². The van der Waals surface area contributed by atoms with E-state index in [-0.39, 0.29) is 19.0 Å². The lowest BCUT2D eigenvalue weighted by molar-refractivity contribution is -0.127. The topological polar surface area (TPSA) is 52.7 Å². The van der Waals surface area contributed by atoms with Crippen LogP contribution >= 0.6 is 0 Å². The van der Waals surface area contributed by atoms with Crippen LogP contribution in [0.5, 0.6) is 0 Å². The molecule has 0 spiro atoms. The van der Waals surface area contributed by atoms with E-state index in [1.165, 1.54) is 11.0 Å². The summed E-state index contributed by atoms with van der Waals surface area (Å²) in [5.74, 6) is -2.55. The lowest BCUT2D eigenvalue weighted by Crippen LogP contribution is -2.52. The second-order valence-electron chi connectivity index (χ2n) is 7.94. The number of carbonyl (C=O) groups excluding carboxylic acids is 2. The van der Waals surface area contributed by atoms with Gasteiger partial charge in [0.25, 0.3) is 5.91 Å². The Kier molecular flexibility index (Phi) is 7.10. The van der Waals surface area contributed by atoms with Crippen LogP contribution in [0.4, 0.5) is 8.78 Å². The molecule has 0 saturated carbocycles. The van der Waals surface area contributed by atoms with Crippen LogP contribution in [0.25, 0.3) is 0 Å². The normalized spacial score (nSPS) is 15.2. The number of carbonyl (C=O) groups is 2. The lowest BCUT2D eigenvalue weighted by atomic mass is 10.0. The Bertz CT molecular complexity index is 1080. The maximum atomic E-state index is 14.1. The smallest absolute Gasteiger partial charge is 0.259 e. The first-order valence-corrected chi connectivity index (χ1v) is 10.9. The molecule has 33 heavy (non-hydrogen) atoms. The summed E-state index contributed by atoms with van der Waals surface area (Å²) in [6, 6.07) is 22.0. The van der Waals surface area contributed by atoms with Crippen LogP contribution in [0, 0.1) is 11.6 Å². The Morgan fingerprint density at radius 1 is 0.788 bits per heavy atom. The van der Waals surface area contributed by atoms with Crippen LogP contribution in [0.2, 0.25) is 0 Å². The van der Waals surface area contributed by atoms with Crippen LogP contribution in [0.3, 0.4) is 0 Å². The lowest BCUT2D eigenvalue weighted by Gasteiger charge is -2.38. The van der Waals surface area contributed by atoms with E-state index in [2.05, 4.69) is 5.32 Å². The fourth-order valence-electron chi connectivity index (χ4n) is 4.09. The third-order valence-corrected chi connectivity index (χ3v) is 5.82. The molecule has 0 radical (unpaired) electrons. The van der Waals surface area contributed by atoms with Gasteiger partial charge >= 0.3 is 0 Å². The van der Waals surface area contributed by atoms with Gasteiger partial charge in [0.05, 0.1) is 0 Å². The average molecular weight is 450 g/mol. The first-order chi connectivity index (χ1) is 16.0. The van der Waals surface area contributed by atoms with Crippen molar-refractivity contribution in [1.82, 2.24) is 15.1 Å². The van der Waals surface area contributed by atoms with Crippen molar-refractivity contribution in [3.63, 3.8) is 0 Å². The van der Waals surface area contributed by atoms with Crippen molar-refractivity contribution < 1.29 is 18.4 Å². The van der Waals surface area contributed by atoms with Crippen molar-refractivity contribution in [2.24, 2.45) is 0 Å². The van der Waals surface area contributed by atoms with E-state index in [1.54, 1.807) is 0 Å². The van der Waals surface area contributed by atoms with Gasteiger partial charge in [-0.25, -0.2) is 8.78 Å². The minimum absolute atomic E-state index is 0.134. The molecule has 170 valence electrons. The van der Waals surface area contributed by atoms with Gasteiger partial charge in [-0.3, -0.25) is 14.5 Å². The Hall–Kier alpha value is -3.58. The predicted molar refractivity (Wildman–Crippen MR) is 121 cm³/mol. The standard InChI is InChI=1S/C26H25F2N3O2/c27-21-12-7-13-22(28)23(21)26(33)31-16-14-30(15-17-31)24(20-10-5-2-6-11-20)25(32)29-18-19-8-3-1-4-9-19/h1-13,24H,14-18H2,(H,29,32). The number of nitrogens with one attached hydrogen (secondary N) is 1. The van der Waals surface area contributed by atoms with Gasteiger partial charge in [-0.05, 0) is 23.3 Å². The third-order valence-electron chi connectivity index (χ3n) is 5.82. The molecular weight excluding hydrogens is 424 g/mol. The average Bonchev–Trinajstić information content (AvgIpc) is 2.84. The van der Waals surface area contributed by atoms with Crippen molar-refractivity contribution >= 4 is 11.8 Å². The Morgan fingerprint density at radius 3 is 1.97 bits per heavy atom. The highest BCUT2D eigenvalue weighted by Gasteiger charge is 2.33. The van der Waals surface area contributed by atoms with Crippen molar-refractivity contribution in [2.45, 2.75) is 12.6 Å². The molecular formula is C26H25F2N3O2. The fourth-order valence-corrected chi connectivity index (χ4v) is 4.09. The monoisotopic (exact) mass is 449 g/mol. The molecule has 7 heteroatoms. The fraction of sp³-hybridized carbons (Fsp3) is 0.231. The van der Waals surface area contributed by atoms with Crippen LogP contribution in [0.1, 0.15) is 27.5 Å². The highest BCUT2D eigenvalue weighted by atomic mass is 19.1. The van der Waals surface area contributed by atoms with Gasteiger partial charge in [0.15, 0.2) is 0 Å². The molecule has 1 unspecified atom stereocenters. The molecule has 4 rings (SSSR count). The van der Waals surface area contributed by atoms with Gasteiger partial charge in [-0.15, -0.1) is 0 Å². The predicted octanol–water partition coefficient (Wildman–Crippen LogP) is 3.78. The summed E-state index contributed by atoms with van der Waals surface area (Å²) in [5.41, 5.74) is 1.31. The molecule has 0 aliphatic carbocycles. The molecule has 1 aliphatic heterocycles. The van der Waals surface area contributed by atoms with Crippen LogP contribution in [0.15, 0.2) is 78.9 Å². The highest BCUT2D eigenvalue weighted by Crippen LogP contribution is 2.24. The van der Waals surface area contributed by atoms with E-state index in [0.717, 1.165) is 23.3 Å². The van der Waals surface area contributed by atoms with Gasteiger partial charge in [0.1, 0.15) is 23.2 Å². The number of amides is 2. The minimum atomic E-state index is -0.870. The molecule has 1 atom stereocenters. The van der Waals surface area contributed by atoms with Crippen LogP contribution in [-0.2, 0) is 11.3 Å². The number of halogens is 2. The first kappa shape index (κ1) is 22.6. The van der Waals surface area contributed by atoms with E-state index in [0.29, 0.717) is 19.6 Å². The molecule has 0 bridgehead atoms. The van der Waals surface area contributed by atoms with E-state index in [1.807, 2.05) is 65.6 Å². The van der Waals surface area contributed by atoms with Gasteiger partial charge in [0, 0.05) is 32.7 Å². The van der Waals surface area contributed by atoms with Crippen molar-refractivity contribution in [2.75, 3.05) is 26.2 Å². The number of piperazine rings is 1. The SMILES string of the molecule is O=C(NCc1ccccc1)C(c1ccccc1)N1CCN(C(=O)c2c(F)cccc2F)CC1. The van der Waals surface area contributed by atoms with Crippen molar-refractivity contribution in [1.29, 1.82) is 0 Å². The van der Waals surface area contributed by atoms with E-state index in [4.69, 9.17) is 0 Å². The maximum absolute atomic E-state index is 14.1. The summed E-state index contributed by atoms with van der Waals surface area (Å²) >= 11 is 0. The second kappa shape index (κ2) is 10.4. The zero-order valence-corrected chi connectivity index (χ0v) is 18.1. The highest BCUT2D eigenvalue weighted by molar-refractivity contribution is 5.95. The molecule has 5 nitrogen and oxygen atoms in total. The quantitative estimate of drug-likeness (QED) is 0.623. The zero-order chi connectivity index (χ0) is 23.2. The third kappa shape index (κ3) is 5.26. The molecule has 3 aromatic rings. The summed E-state index contributed by atoms with van der Waals surface area (Å²) in [7, 11) is 0. The number of hydrogen-bond acceptors (Lipinski definition) is 3. The molecule has 1 heterocycles. The van der Waals surface area contributed by atoms with Gasteiger partial charge in [-0.2, -0.15) is 0 Å². The Balaban J connectivity index is 1.46. The van der Waals surface area contributed by atoms with Gasteiger partial charge < -0.3 is 10.2 Å². The number of rotatable bonds is 6. The molecule has 2 amide bonds. The molecule has 1 saturated heterocycles. The largest absolute Gasteiger partial charge is 0.350 e.